The molecule has 1 aliphatic rings. The van der Waals surface area contributed by atoms with Crippen LogP contribution >= 0.6 is 0 Å². The number of aliphatic hydroxyl groups excluding tert-OH is 2. The molecule has 0 aromatic heterocycles. The van der Waals surface area contributed by atoms with Crippen molar-refractivity contribution in [3.05, 3.63) is 26.9 Å². The van der Waals surface area contributed by atoms with Gasteiger partial charge in [-0.1, -0.05) is 0 Å². The van der Waals surface area contributed by atoms with Crippen molar-refractivity contribution in [2.75, 3.05) is 19.6 Å². The predicted octanol–water partition coefficient (Wildman–Crippen LogP) is -0.538. The molecule has 1 saturated heterocycles. The number of hydrogen-bond acceptors (Lipinski definition) is 6. The molecule has 1 heterocycles. The summed E-state index contributed by atoms with van der Waals surface area (Å²) < 4.78 is 0. The quantitative estimate of drug-likeness (QED) is 0.367. The van der Waals surface area contributed by atoms with E-state index in [2.05, 4.69) is 10.6 Å². The number of rotatable bonds is 1. The molecule has 17 heavy (non-hydrogen) atoms. The van der Waals surface area contributed by atoms with Crippen LogP contribution in [0.4, 0.5) is 0 Å². The average Bonchev–Trinajstić information content (AvgIpc) is 2.19. The van der Waals surface area contributed by atoms with Gasteiger partial charge in [-0.25, -0.2) is 0 Å². The van der Waals surface area contributed by atoms with Crippen molar-refractivity contribution in [3.63, 3.8) is 0 Å². The molecule has 0 aliphatic carbocycles. The van der Waals surface area contributed by atoms with Gasteiger partial charge in [-0.3, -0.25) is 5.32 Å². The molecule has 1 aliphatic heterocycles. The van der Waals surface area contributed by atoms with Gasteiger partial charge in [-0.15, -0.1) is 11.9 Å². The van der Waals surface area contributed by atoms with Gasteiger partial charge in [0.25, 0.3) is 0 Å². The van der Waals surface area contributed by atoms with E-state index in [4.69, 9.17) is 31.8 Å². The Kier molecular flexibility index (Phi) is 31.8. The zero-order valence-electron chi connectivity index (χ0n) is 8.90. The smallest absolute Gasteiger partial charge is 0.103 e. The standard InChI is InChI=1S/C4H9N2O2.C2H6N2.HNO2.H2O.Pt/c7-3-1-2-5-4(8)6-3;3-1-2-4;2-1-3;;/h3-4,6-8H,1-2H2;3-4H,1-2H2;(H,2,3);1H2;/q-1;-2;;;/p-1. The molecule has 1 fully saturated rings. The van der Waals surface area contributed by atoms with Crippen LogP contribution < -0.4 is 5.32 Å². The Morgan fingerprint density at radius 1 is 1.41 bits per heavy atom. The van der Waals surface area contributed by atoms with Crippen molar-refractivity contribution >= 4 is 0 Å². The minimum absolute atomic E-state index is 0. The van der Waals surface area contributed by atoms with Crippen LogP contribution in [0.1, 0.15) is 6.42 Å². The summed E-state index contributed by atoms with van der Waals surface area (Å²) >= 11 is 0. The van der Waals surface area contributed by atoms with Gasteiger partial charge in [0.15, 0.2) is 0 Å². The Hall–Kier alpha value is -0.192. The first-order valence-electron chi connectivity index (χ1n) is 4.15. The van der Waals surface area contributed by atoms with Gasteiger partial charge in [0.1, 0.15) is 6.23 Å². The monoisotopic (exact) mass is 434 g/mol. The molecule has 7 N–H and O–H groups in total. The van der Waals surface area contributed by atoms with E-state index >= 15 is 0 Å². The fourth-order valence-corrected chi connectivity index (χ4v) is 0.627. The Bertz CT molecular complexity index is 136. The second kappa shape index (κ2) is 21.1. The van der Waals surface area contributed by atoms with Crippen LogP contribution in [0, 0.1) is 10.1 Å². The minimum atomic E-state index is -0.862. The van der Waals surface area contributed by atoms with Gasteiger partial charge in [0.05, 0.1) is 0 Å². The van der Waals surface area contributed by atoms with Crippen LogP contribution in [0.2, 0.25) is 0 Å². The molecule has 0 aromatic rings. The number of aliphatic hydroxyl groups is 2. The van der Waals surface area contributed by atoms with Crippen LogP contribution in [0.3, 0.4) is 0 Å². The second-order valence-corrected chi connectivity index (χ2v) is 2.33. The molecule has 1 rings (SSSR count). The summed E-state index contributed by atoms with van der Waals surface area (Å²) in [6.07, 6.45) is -0.849. The molecular weight excluding hydrogens is 417 g/mol. The summed E-state index contributed by atoms with van der Waals surface area (Å²) in [4.78, 5) is 8.00. The topological polar surface area (TPSA) is 198 Å². The van der Waals surface area contributed by atoms with Crippen molar-refractivity contribution in [2.24, 2.45) is 5.34 Å². The molecule has 0 radical (unpaired) electrons. The van der Waals surface area contributed by atoms with E-state index in [0.29, 0.717) is 13.0 Å². The molecule has 0 bridgehead atoms. The summed E-state index contributed by atoms with van der Waals surface area (Å²) in [5.74, 6) is 0. The minimum Gasteiger partial charge on any atom is -0.679 e. The third-order valence-corrected chi connectivity index (χ3v) is 1.17. The summed E-state index contributed by atoms with van der Waals surface area (Å²) in [5.41, 5.74) is 12.5. The van der Waals surface area contributed by atoms with Gasteiger partial charge in [-0.2, -0.15) is 13.1 Å². The van der Waals surface area contributed by atoms with Gasteiger partial charge < -0.3 is 42.6 Å². The van der Waals surface area contributed by atoms with E-state index < -0.39 is 12.6 Å². The Balaban J connectivity index is -0.0000000821. The number of hydrogen-bond donors (Lipinski definition) is 3. The third-order valence-electron chi connectivity index (χ3n) is 1.17. The molecular formula is C6H17N5O5Pt-4. The molecule has 0 saturated carbocycles. The van der Waals surface area contributed by atoms with Crippen molar-refractivity contribution in [1.29, 1.82) is 0 Å². The van der Waals surface area contributed by atoms with Gasteiger partial charge in [-0.05, 0) is 6.42 Å². The Labute approximate surface area is 113 Å². The van der Waals surface area contributed by atoms with Crippen LogP contribution in [0.5, 0.6) is 0 Å². The molecule has 2 atom stereocenters. The average molecular weight is 434 g/mol. The summed E-state index contributed by atoms with van der Waals surface area (Å²) in [7, 11) is 0. The van der Waals surface area contributed by atoms with E-state index in [1.807, 2.05) is 0 Å². The van der Waals surface area contributed by atoms with Crippen LogP contribution in [0.15, 0.2) is 5.34 Å². The van der Waals surface area contributed by atoms with Gasteiger partial charge >= 0.3 is 0 Å². The SMILES string of the molecule is O.O=N[O-].OC1CC[N-]C(O)N1.[NH-]CC[NH-].[Pt]. The zero-order valence-corrected chi connectivity index (χ0v) is 11.2. The van der Waals surface area contributed by atoms with Crippen LogP contribution in [0.25, 0.3) is 16.8 Å². The third kappa shape index (κ3) is 25.8. The van der Waals surface area contributed by atoms with E-state index in [-0.39, 0.29) is 39.6 Å². The molecule has 0 aromatic carbocycles. The zero-order chi connectivity index (χ0) is 12.1. The van der Waals surface area contributed by atoms with Crippen molar-refractivity contribution in [3.8, 4) is 0 Å². The van der Waals surface area contributed by atoms with E-state index in [9.17, 15) is 0 Å². The molecule has 10 nitrogen and oxygen atoms in total. The molecule has 0 amide bonds. The van der Waals surface area contributed by atoms with Gasteiger partial charge in [0.2, 0.25) is 0 Å². The normalized spacial score (nSPS) is 21.2. The largest absolute Gasteiger partial charge is 0.679 e. The molecule has 11 heteroatoms. The Morgan fingerprint density at radius 3 is 2.00 bits per heavy atom. The number of nitrogens with one attached hydrogen (secondary N) is 3. The maximum atomic E-state index is 8.75. The molecule has 110 valence electrons. The number of nitrogens with zero attached hydrogens (tertiary/aromatic N) is 2. The first kappa shape index (κ1) is 25.6. The predicted molar refractivity (Wildman–Crippen MR) is 59.1 cm³/mol. The fraction of sp³-hybridized carbons (Fsp3) is 1.00. The van der Waals surface area contributed by atoms with Crippen LogP contribution in [-0.2, 0) is 21.1 Å². The summed E-state index contributed by atoms with van der Waals surface area (Å²) in [6.45, 7) is 1.01. The van der Waals surface area contributed by atoms with Crippen molar-refractivity contribution < 1.29 is 36.8 Å². The first-order valence-corrected chi connectivity index (χ1v) is 4.15. The molecule has 0 spiro atoms. The molecule has 2 unspecified atom stereocenters. The Morgan fingerprint density at radius 2 is 1.82 bits per heavy atom. The van der Waals surface area contributed by atoms with E-state index in [1.54, 1.807) is 0 Å². The van der Waals surface area contributed by atoms with Crippen molar-refractivity contribution in [2.45, 2.75) is 19.0 Å². The second-order valence-electron chi connectivity index (χ2n) is 2.33. The van der Waals surface area contributed by atoms with Crippen molar-refractivity contribution in [1.82, 2.24) is 5.32 Å². The maximum absolute atomic E-state index is 8.75. The summed E-state index contributed by atoms with van der Waals surface area (Å²) in [6, 6.07) is 0. The first-order chi connectivity index (χ1) is 7.12. The van der Waals surface area contributed by atoms with Crippen LogP contribution in [-0.4, -0.2) is 47.9 Å². The van der Waals surface area contributed by atoms with E-state index in [0.717, 1.165) is 5.34 Å². The van der Waals surface area contributed by atoms with Gasteiger partial charge in [0, 0.05) is 27.4 Å². The fourth-order valence-electron chi connectivity index (χ4n) is 0.627. The summed E-state index contributed by atoms with van der Waals surface area (Å²) in [5, 5.41) is 32.5. The van der Waals surface area contributed by atoms with E-state index in [1.165, 1.54) is 0 Å². The maximum Gasteiger partial charge on any atom is 0.103 e.